The lowest BCUT2D eigenvalue weighted by atomic mass is 10.2. The first-order valence-electron chi connectivity index (χ1n) is 4.56. The summed E-state index contributed by atoms with van der Waals surface area (Å²) in [6.07, 6.45) is 0. The largest absolute Gasteiger partial charge is 0.329 e. The Balaban J connectivity index is 0.00000256. The molecule has 98 valence electrons. The Morgan fingerprint density at radius 3 is 2.24 bits per heavy atom. The van der Waals surface area contributed by atoms with Gasteiger partial charge in [-0.3, -0.25) is 0 Å². The van der Waals surface area contributed by atoms with Gasteiger partial charge in [0.1, 0.15) is 0 Å². The number of benzene rings is 1. The van der Waals surface area contributed by atoms with E-state index >= 15 is 0 Å². The molecule has 4 nitrogen and oxygen atoms in total. The lowest BCUT2D eigenvalue weighted by molar-refractivity contribution is 0.581. The van der Waals surface area contributed by atoms with Gasteiger partial charge in [-0.15, -0.1) is 12.4 Å². The predicted molar refractivity (Wildman–Crippen MR) is 73.4 cm³/mol. The second-order valence-corrected chi connectivity index (χ2v) is 5.76. The number of halogens is 3. The number of rotatable bonds is 5. The minimum Gasteiger partial charge on any atom is -0.329 e. The molecule has 0 saturated carbocycles. The highest BCUT2D eigenvalue weighted by molar-refractivity contribution is 7.88. The average molecular weight is 320 g/mol. The average Bonchev–Trinajstić information content (AvgIpc) is 2.21. The third kappa shape index (κ3) is 5.42. The maximum absolute atomic E-state index is 11.6. The zero-order chi connectivity index (χ0) is 12.2. The molecule has 0 aliphatic heterocycles. The lowest BCUT2D eigenvalue weighted by Gasteiger charge is -2.08. The van der Waals surface area contributed by atoms with Crippen LogP contribution in [0.4, 0.5) is 0 Å². The Hall–Kier alpha value is -0.0400. The van der Waals surface area contributed by atoms with E-state index in [1.807, 2.05) is 0 Å². The summed E-state index contributed by atoms with van der Waals surface area (Å²) in [6.45, 7) is 0.444. The van der Waals surface area contributed by atoms with E-state index in [1.54, 1.807) is 18.2 Å². The van der Waals surface area contributed by atoms with Gasteiger partial charge in [-0.2, -0.15) is 0 Å². The number of hydrogen-bond acceptors (Lipinski definition) is 3. The molecule has 0 atom stereocenters. The van der Waals surface area contributed by atoms with Crippen molar-refractivity contribution in [3.8, 4) is 0 Å². The standard InChI is InChI=1S/C9H12Cl2N2O2S.ClH/c10-8-2-1-3-9(11)7(8)6-16(14,15)13-5-4-12;/h1-3,13H,4-6,12H2;1H. The molecule has 0 spiro atoms. The lowest BCUT2D eigenvalue weighted by Crippen LogP contribution is -2.30. The van der Waals surface area contributed by atoms with Crippen LogP contribution in [0, 0.1) is 0 Å². The highest BCUT2D eigenvalue weighted by Gasteiger charge is 2.15. The molecule has 0 fully saturated rings. The summed E-state index contributed by atoms with van der Waals surface area (Å²) in [5, 5.41) is 0.677. The predicted octanol–water partition coefficient (Wildman–Crippen LogP) is 1.79. The van der Waals surface area contributed by atoms with Crippen molar-refractivity contribution in [3.05, 3.63) is 33.8 Å². The quantitative estimate of drug-likeness (QED) is 0.869. The molecule has 3 N–H and O–H groups in total. The van der Waals surface area contributed by atoms with E-state index in [9.17, 15) is 8.42 Å². The number of sulfonamides is 1. The van der Waals surface area contributed by atoms with Gasteiger partial charge < -0.3 is 5.73 Å². The number of hydrogen-bond donors (Lipinski definition) is 2. The van der Waals surface area contributed by atoms with Crippen LogP contribution in [0.5, 0.6) is 0 Å². The summed E-state index contributed by atoms with van der Waals surface area (Å²) < 4.78 is 25.5. The number of nitrogens with two attached hydrogens (primary N) is 1. The maximum atomic E-state index is 11.6. The summed E-state index contributed by atoms with van der Waals surface area (Å²) in [5.41, 5.74) is 5.61. The number of nitrogens with one attached hydrogen (secondary N) is 1. The molecule has 0 radical (unpaired) electrons. The first-order valence-corrected chi connectivity index (χ1v) is 6.97. The Morgan fingerprint density at radius 2 is 1.76 bits per heavy atom. The van der Waals surface area contributed by atoms with E-state index in [2.05, 4.69) is 4.72 Å². The fourth-order valence-corrected chi connectivity index (χ4v) is 3.04. The van der Waals surface area contributed by atoms with E-state index in [4.69, 9.17) is 28.9 Å². The van der Waals surface area contributed by atoms with Gasteiger partial charge in [0.2, 0.25) is 10.0 Å². The Labute approximate surface area is 117 Å². The third-order valence-electron chi connectivity index (χ3n) is 1.86. The van der Waals surface area contributed by atoms with Gasteiger partial charge in [0.15, 0.2) is 0 Å². The molecule has 0 aromatic heterocycles. The van der Waals surface area contributed by atoms with Gasteiger partial charge in [0.05, 0.1) is 5.75 Å². The molecule has 0 saturated heterocycles. The molecule has 0 amide bonds. The Bertz CT molecular complexity index is 445. The second-order valence-electron chi connectivity index (χ2n) is 3.14. The van der Waals surface area contributed by atoms with Gasteiger partial charge in [-0.1, -0.05) is 29.3 Å². The molecule has 1 aromatic rings. The van der Waals surface area contributed by atoms with Gasteiger partial charge in [-0.05, 0) is 12.1 Å². The molecule has 1 rings (SSSR count). The van der Waals surface area contributed by atoms with E-state index < -0.39 is 10.0 Å². The van der Waals surface area contributed by atoms with Crippen molar-refractivity contribution in [2.24, 2.45) is 5.73 Å². The molecule has 0 unspecified atom stereocenters. The molecular formula is C9H13Cl3N2O2S. The first kappa shape index (κ1) is 17.0. The molecule has 0 aliphatic rings. The van der Waals surface area contributed by atoms with Crippen LogP contribution in [-0.4, -0.2) is 21.5 Å². The van der Waals surface area contributed by atoms with Crippen LogP contribution in [-0.2, 0) is 15.8 Å². The van der Waals surface area contributed by atoms with Gasteiger partial charge in [0.25, 0.3) is 0 Å². The summed E-state index contributed by atoms with van der Waals surface area (Å²) in [7, 11) is -3.44. The van der Waals surface area contributed by atoms with Crippen LogP contribution in [0.15, 0.2) is 18.2 Å². The summed E-state index contributed by atoms with van der Waals surface area (Å²) >= 11 is 11.7. The molecular weight excluding hydrogens is 307 g/mol. The van der Waals surface area contributed by atoms with Crippen molar-refractivity contribution in [2.75, 3.05) is 13.1 Å². The highest BCUT2D eigenvalue weighted by Crippen LogP contribution is 2.25. The first-order chi connectivity index (χ1) is 7.46. The smallest absolute Gasteiger partial charge is 0.215 e. The highest BCUT2D eigenvalue weighted by atomic mass is 35.5. The fraction of sp³-hybridized carbons (Fsp3) is 0.333. The zero-order valence-electron chi connectivity index (χ0n) is 8.82. The van der Waals surface area contributed by atoms with Crippen molar-refractivity contribution < 1.29 is 8.42 Å². The van der Waals surface area contributed by atoms with Crippen LogP contribution in [0.1, 0.15) is 5.56 Å². The minimum atomic E-state index is -3.44. The van der Waals surface area contributed by atoms with Crippen molar-refractivity contribution in [3.63, 3.8) is 0 Å². The minimum absolute atomic E-state index is 0. The van der Waals surface area contributed by atoms with E-state index in [-0.39, 0.29) is 31.2 Å². The Kier molecular flexibility index (Phi) is 7.39. The monoisotopic (exact) mass is 318 g/mol. The van der Waals surface area contributed by atoms with E-state index in [0.717, 1.165) is 0 Å². The van der Waals surface area contributed by atoms with Crippen LogP contribution < -0.4 is 10.5 Å². The van der Waals surface area contributed by atoms with E-state index in [0.29, 0.717) is 15.6 Å². The van der Waals surface area contributed by atoms with Gasteiger partial charge >= 0.3 is 0 Å². The zero-order valence-corrected chi connectivity index (χ0v) is 12.0. The van der Waals surface area contributed by atoms with Gasteiger partial charge in [-0.25, -0.2) is 13.1 Å². The van der Waals surface area contributed by atoms with Crippen molar-refractivity contribution in [1.29, 1.82) is 0 Å². The van der Waals surface area contributed by atoms with Crippen molar-refractivity contribution >= 4 is 45.6 Å². The molecule has 0 aliphatic carbocycles. The maximum Gasteiger partial charge on any atom is 0.215 e. The SMILES string of the molecule is Cl.NCCNS(=O)(=O)Cc1c(Cl)cccc1Cl. The van der Waals surface area contributed by atoms with Crippen LogP contribution >= 0.6 is 35.6 Å². The second kappa shape index (κ2) is 7.41. The normalized spacial score (nSPS) is 11.0. The molecule has 0 heterocycles. The Morgan fingerprint density at radius 1 is 1.24 bits per heavy atom. The van der Waals surface area contributed by atoms with E-state index in [1.165, 1.54) is 0 Å². The fourth-order valence-electron chi connectivity index (χ4n) is 1.13. The molecule has 0 bridgehead atoms. The van der Waals surface area contributed by atoms with Crippen LogP contribution in [0.3, 0.4) is 0 Å². The van der Waals surface area contributed by atoms with Crippen molar-refractivity contribution in [1.82, 2.24) is 4.72 Å². The topological polar surface area (TPSA) is 72.2 Å². The van der Waals surface area contributed by atoms with Gasteiger partial charge in [0, 0.05) is 28.7 Å². The molecule has 1 aromatic carbocycles. The van der Waals surface area contributed by atoms with Crippen LogP contribution in [0.25, 0.3) is 0 Å². The molecule has 17 heavy (non-hydrogen) atoms. The summed E-state index contributed by atoms with van der Waals surface area (Å²) in [5.74, 6) is -0.245. The summed E-state index contributed by atoms with van der Waals surface area (Å²) in [6, 6.07) is 4.86. The third-order valence-corrected chi connectivity index (χ3v) is 3.88. The molecule has 8 heteroatoms. The summed E-state index contributed by atoms with van der Waals surface area (Å²) in [4.78, 5) is 0. The van der Waals surface area contributed by atoms with Crippen molar-refractivity contribution in [2.45, 2.75) is 5.75 Å². The van der Waals surface area contributed by atoms with Crippen LogP contribution in [0.2, 0.25) is 10.0 Å².